The minimum absolute atomic E-state index is 0.0821. The number of aryl methyl sites for hydroxylation is 1. The highest BCUT2D eigenvalue weighted by molar-refractivity contribution is 7.07. The summed E-state index contributed by atoms with van der Waals surface area (Å²) in [6.07, 6.45) is 3.61. The minimum atomic E-state index is -0.318. The Hall–Kier alpha value is -4.59. The largest absolute Gasteiger partial charge is 0.493 e. The zero-order valence-corrected chi connectivity index (χ0v) is 25.8. The van der Waals surface area contributed by atoms with E-state index < -0.39 is 0 Å². The smallest absolute Gasteiger partial charge is 0.271 e. The van der Waals surface area contributed by atoms with Crippen molar-refractivity contribution in [2.75, 3.05) is 14.2 Å². The zero-order valence-electron chi connectivity index (χ0n) is 24.2. The lowest BCUT2D eigenvalue weighted by Crippen LogP contribution is -2.38. The molecule has 0 unspecified atom stereocenters. The molecule has 0 spiro atoms. The molecule has 0 saturated carbocycles. The van der Waals surface area contributed by atoms with Crippen molar-refractivity contribution in [3.05, 3.63) is 149 Å². The summed E-state index contributed by atoms with van der Waals surface area (Å²) >= 11 is 7.71. The topological polar surface area (TPSA) is 62.0 Å². The van der Waals surface area contributed by atoms with E-state index in [0.29, 0.717) is 38.2 Å². The number of halogens is 1. The average molecular weight is 621 g/mol. The van der Waals surface area contributed by atoms with Crippen LogP contribution in [0.2, 0.25) is 5.02 Å². The van der Waals surface area contributed by atoms with Crippen LogP contribution in [0.15, 0.2) is 106 Å². The van der Waals surface area contributed by atoms with Crippen LogP contribution in [0.5, 0.6) is 17.2 Å². The third kappa shape index (κ3) is 5.12. The Morgan fingerprint density at radius 3 is 2.59 bits per heavy atom. The van der Waals surface area contributed by atoms with Crippen molar-refractivity contribution >= 4 is 34.7 Å². The van der Waals surface area contributed by atoms with Gasteiger partial charge in [-0.15, -0.1) is 0 Å². The van der Waals surface area contributed by atoms with Gasteiger partial charge in [-0.25, -0.2) is 4.99 Å². The van der Waals surface area contributed by atoms with Crippen LogP contribution in [0.25, 0.3) is 11.8 Å². The second-order valence-electron chi connectivity index (χ2n) is 10.7. The Morgan fingerprint density at radius 2 is 1.75 bits per heavy atom. The van der Waals surface area contributed by atoms with E-state index in [4.69, 9.17) is 30.8 Å². The van der Waals surface area contributed by atoms with Gasteiger partial charge < -0.3 is 14.2 Å². The highest BCUT2D eigenvalue weighted by atomic mass is 35.5. The molecule has 44 heavy (non-hydrogen) atoms. The number of hydrogen-bond acceptors (Lipinski definition) is 6. The van der Waals surface area contributed by atoms with Crippen molar-refractivity contribution in [1.82, 2.24) is 4.57 Å². The molecule has 0 saturated heterocycles. The van der Waals surface area contributed by atoms with E-state index in [1.807, 2.05) is 83.4 Å². The molecular formula is C36H29ClN2O4S. The molecule has 0 amide bonds. The van der Waals surface area contributed by atoms with Gasteiger partial charge in [-0.05, 0) is 71.5 Å². The fourth-order valence-corrected chi connectivity index (χ4v) is 7.16. The maximum absolute atomic E-state index is 14.2. The number of thiazole rings is 1. The predicted molar refractivity (Wildman–Crippen MR) is 175 cm³/mol. The molecule has 1 aromatic heterocycles. The van der Waals surface area contributed by atoms with Gasteiger partial charge in [0.2, 0.25) is 0 Å². The number of nitrogens with zero attached hydrogens (tertiary/aromatic N) is 2. The number of rotatable bonds is 7. The number of fused-ring (bicyclic) bond motifs is 3. The minimum Gasteiger partial charge on any atom is -0.493 e. The fourth-order valence-electron chi connectivity index (χ4n) is 5.97. The van der Waals surface area contributed by atoms with Crippen molar-refractivity contribution in [2.24, 2.45) is 4.99 Å². The molecule has 0 fully saturated rings. The summed E-state index contributed by atoms with van der Waals surface area (Å²) in [5, 5.41) is 0.666. The molecule has 0 radical (unpaired) electrons. The molecule has 220 valence electrons. The van der Waals surface area contributed by atoms with E-state index in [-0.39, 0.29) is 11.6 Å². The molecule has 7 rings (SSSR count). The van der Waals surface area contributed by atoms with Crippen molar-refractivity contribution in [3.8, 4) is 17.2 Å². The van der Waals surface area contributed by atoms with E-state index in [9.17, 15) is 4.79 Å². The van der Waals surface area contributed by atoms with Crippen LogP contribution in [-0.4, -0.2) is 18.8 Å². The van der Waals surface area contributed by atoms with Crippen molar-refractivity contribution in [3.63, 3.8) is 0 Å². The van der Waals surface area contributed by atoms with E-state index in [2.05, 4.69) is 18.2 Å². The number of allylic oxidation sites excluding steroid dienone is 1. The molecule has 8 heteroatoms. The summed E-state index contributed by atoms with van der Waals surface area (Å²) < 4.78 is 19.6. The van der Waals surface area contributed by atoms with E-state index in [0.717, 1.165) is 46.4 Å². The number of aromatic nitrogens is 1. The lowest BCUT2D eigenvalue weighted by molar-refractivity contribution is 0.306. The summed E-state index contributed by atoms with van der Waals surface area (Å²) in [6, 6.07) is 29.3. The SMILES string of the molecule is COc1ccc([C@H]2C3=C(N=c4s/c(=C\c5cccc(OCc6ccccc6Cl)c5)c(=O)n42)c2ccccc2CC3)cc1OC. The lowest BCUT2D eigenvalue weighted by Gasteiger charge is -2.31. The first-order valence-electron chi connectivity index (χ1n) is 14.4. The quantitative estimate of drug-likeness (QED) is 0.207. The van der Waals surface area contributed by atoms with E-state index in [1.165, 1.54) is 16.9 Å². The van der Waals surface area contributed by atoms with Gasteiger partial charge in [0.1, 0.15) is 12.4 Å². The number of benzene rings is 4. The molecule has 2 heterocycles. The summed E-state index contributed by atoms with van der Waals surface area (Å²) in [6.45, 7) is 0.351. The number of hydrogen-bond donors (Lipinski definition) is 0. The molecular weight excluding hydrogens is 592 g/mol. The Kier molecular flexibility index (Phi) is 7.58. The first-order valence-corrected chi connectivity index (χ1v) is 15.5. The summed E-state index contributed by atoms with van der Waals surface area (Å²) in [5.41, 5.74) is 7.12. The first-order chi connectivity index (χ1) is 21.5. The maximum atomic E-state index is 14.2. The maximum Gasteiger partial charge on any atom is 0.271 e. The number of ether oxygens (including phenoxy) is 3. The Balaban J connectivity index is 1.33. The summed E-state index contributed by atoms with van der Waals surface area (Å²) in [4.78, 5) is 20.0. The van der Waals surface area contributed by atoms with Crippen LogP contribution in [0.3, 0.4) is 0 Å². The standard InChI is InChI=1S/C36H29ClN2O4S/c1-41-30-17-15-24(20-31(30)42-2)34-28-16-14-23-9-3-5-12-27(23)33(28)38-36-39(34)35(40)32(44-36)19-22-8-7-11-26(18-22)43-21-25-10-4-6-13-29(25)37/h3-13,15,17-20,34H,14,16,21H2,1-2H3/b32-19-/t34-/m0/s1. The molecule has 1 atom stereocenters. The highest BCUT2D eigenvalue weighted by Gasteiger charge is 2.33. The predicted octanol–water partition coefficient (Wildman–Crippen LogP) is 6.57. The van der Waals surface area contributed by atoms with Crippen LogP contribution in [0.1, 0.15) is 40.3 Å². The molecule has 0 N–H and O–H groups in total. The molecule has 1 aliphatic carbocycles. The third-order valence-corrected chi connectivity index (χ3v) is 9.46. The number of methoxy groups -OCH3 is 2. The van der Waals surface area contributed by atoms with Crippen LogP contribution < -0.4 is 29.1 Å². The van der Waals surface area contributed by atoms with Crippen molar-refractivity contribution in [1.29, 1.82) is 0 Å². The molecule has 4 aromatic carbocycles. The van der Waals surface area contributed by atoms with Gasteiger partial charge in [0.05, 0.1) is 30.5 Å². The normalized spacial score (nSPS) is 15.6. The Bertz CT molecular complexity index is 2110. The lowest BCUT2D eigenvalue weighted by atomic mass is 9.83. The van der Waals surface area contributed by atoms with Gasteiger partial charge in [-0.2, -0.15) is 0 Å². The second-order valence-corrected chi connectivity index (χ2v) is 12.1. The van der Waals surface area contributed by atoms with Crippen LogP contribution in [-0.2, 0) is 13.0 Å². The van der Waals surface area contributed by atoms with Gasteiger partial charge in [-0.1, -0.05) is 83.6 Å². The van der Waals surface area contributed by atoms with E-state index >= 15 is 0 Å². The average Bonchev–Trinajstić information content (AvgIpc) is 3.36. The van der Waals surface area contributed by atoms with E-state index in [1.54, 1.807) is 14.2 Å². The molecule has 2 aliphatic rings. The van der Waals surface area contributed by atoms with Gasteiger partial charge in [0.25, 0.3) is 5.56 Å². The van der Waals surface area contributed by atoms with Gasteiger partial charge in [-0.3, -0.25) is 9.36 Å². The van der Waals surface area contributed by atoms with Crippen LogP contribution >= 0.6 is 22.9 Å². The molecule has 6 nitrogen and oxygen atoms in total. The van der Waals surface area contributed by atoms with Crippen LogP contribution in [0, 0.1) is 0 Å². The summed E-state index contributed by atoms with van der Waals surface area (Å²) in [7, 11) is 3.25. The highest BCUT2D eigenvalue weighted by Crippen LogP contribution is 2.42. The van der Waals surface area contributed by atoms with Gasteiger partial charge in [0, 0.05) is 16.1 Å². The fraction of sp³-hybridized carbons (Fsp3) is 0.167. The second kappa shape index (κ2) is 11.8. The van der Waals surface area contributed by atoms with Crippen molar-refractivity contribution in [2.45, 2.75) is 25.5 Å². The van der Waals surface area contributed by atoms with Crippen LogP contribution in [0.4, 0.5) is 0 Å². The van der Waals surface area contributed by atoms with Gasteiger partial charge in [0.15, 0.2) is 16.3 Å². The Morgan fingerprint density at radius 1 is 0.932 bits per heavy atom. The molecule has 0 bridgehead atoms. The van der Waals surface area contributed by atoms with Gasteiger partial charge >= 0.3 is 0 Å². The third-order valence-electron chi connectivity index (χ3n) is 8.10. The van der Waals surface area contributed by atoms with Crippen molar-refractivity contribution < 1.29 is 14.2 Å². The Labute approximate surface area is 263 Å². The first kappa shape index (κ1) is 28.2. The molecule has 1 aliphatic heterocycles. The monoisotopic (exact) mass is 620 g/mol. The molecule has 5 aromatic rings. The zero-order chi connectivity index (χ0) is 30.2. The summed E-state index contributed by atoms with van der Waals surface area (Å²) in [5.74, 6) is 1.96.